The lowest BCUT2D eigenvalue weighted by molar-refractivity contribution is -0.121. The van der Waals surface area contributed by atoms with Crippen LogP contribution in [0.15, 0.2) is 36.4 Å². The van der Waals surface area contributed by atoms with E-state index in [0.29, 0.717) is 57.1 Å². The summed E-state index contributed by atoms with van der Waals surface area (Å²) >= 11 is 0. The Morgan fingerprint density at radius 3 is 1.79 bits per heavy atom. The van der Waals surface area contributed by atoms with Crippen LogP contribution in [0.2, 0.25) is 0 Å². The molecule has 2 amide bonds. The maximum absolute atomic E-state index is 12.2. The van der Waals surface area contributed by atoms with Gasteiger partial charge >= 0.3 is 0 Å². The summed E-state index contributed by atoms with van der Waals surface area (Å²) in [5.74, 6) is -0.356. The fraction of sp³-hybridized carbons (Fsp3) is 0.647. The van der Waals surface area contributed by atoms with E-state index >= 15 is 0 Å². The zero-order valence-corrected chi connectivity index (χ0v) is 26.6. The van der Waals surface area contributed by atoms with Gasteiger partial charge in [0, 0.05) is 37.6 Å². The Morgan fingerprint density at radius 2 is 1.21 bits per heavy atom. The van der Waals surface area contributed by atoms with Crippen molar-refractivity contribution in [2.45, 2.75) is 104 Å². The molecule has 0 aliphatic rings. The summed E-state index contributed by atoms with van der Waals surface area (Å²) in [7, 11) is 0. The summed E-state index contributed by atoms with van der Waals surface area (Å²) in [6.07, 6.45) is 21.5. The summed E-state index contributed by atoms with van der Waals surface area (Å²) in [6.45, 7) is 6.18. The van der Waals surface area contributed by atoms with Crippen molar-refractivity contribution < 1.29 is 23.8 Å². The molecule has 1 aromatic rings. The fourth-order valence-electron chi connectivity index (χ4n) is 4.35. The van der Waals surface area contributed by atoms with E-state index in [2.05, 4.69) is 29.7 Å². The highest BCUT2D eigenvalue weighted by Crippen LogP contribution is 2.10. The van der Waals surface area contributed by atoms with Gasteiger partial charge < -0.3 is 24.8 Å². The van der Waals surface area contributed by atoms with Crippen LogP contribution in [0.5, 0.6) is 0 Å². The SMILES string of the molecule is CCCCCCCC/C=C\CCCCCCCC(=O)NCCOCCOCCNC(=O)c1ccc(C(=N)OC(C)=N)cc1. The summed E-state index contributed by atoms with van der Waals surface area (Å²) in [4.78, 5) is 24.2. The van der Waals surface area contributed by atoms with Gasteiger partial charge in [0.25, 0.3) is 5.91 Å². The zero-order chi connectivity index (χ0) is 31.4. The Balaban J connectivity index is 1.87. The van der Waals surface area contributed by atoms with Crippen LogP contribution < -0.4 is 10.6 Å². The first-order chi connectivity index (χ1) is 20.9. The maximum atomic E-state index is 12.2. The molecule has 9 nitrogen and oxygen atoms in total. The number of ether oxygens (including phenoxy) is 3. The Morgan fingerprint density at radius 1 is 0.698 bits per heavy atom. The molecule has 0 saturated heterocycles. The highest BCUT2D eigenvalue weighted by Gasteiger charge is 2.08. The molecule has 0 radical (unpaired) electrons. The normalized spacial score (nSPS) is 11.0. The number of nitrogens with one attached hydrogen (secondary N) is 4. The van der Waals surface area contributed by atoms with E-state index in [9.17, 15) is 9.59 Å². The molecule has 0 unspecified atom stereocenters. The number of hydrogen-bond acceptors (Lipinski definition) is 7. The first kappa shape index (κ1) is 38.0. The molecular formula is C34H56N4O5. The molecule has 0 heterocycles. The molecule has 0 aliphatic carbocycles. The number of carbonyl (C=O) groups excluding carboxylic acids is 2. The van der Waals surface area contributed by atoms with E-state index < -0.39 is 0 Å². The maximum Gasteiger partial charge on any atom is 0.251 e. The van der Waals surface area contributed by atoms with Crippen LogP contribution >= 0.6 is 0 Å². The minimum Gasteiger partial charge on any atom is -0.426 e. The number of unbranched alkanes of at least 4 members (excludes halogenated alkanes) is 11. The average molecular weight is 601 g/mol. The Kier molecular flexibility index (Phi) is 23.5. The quantitative estimate of drug-likeness (QED) is 0.0395. The standard InChI is InChI=1S/C34H56N4O5/c1-3-4-5-6-7-8-9-10-11-12-13-14-15-16-17-18-32(39)37-23-25-41-27-28-42-26-24-38-34(40)31-21-19-30(20-22-31)33(36)43-29(2)35/h10-11,19-22,35-36H,3-9,12-18,23-28H2,1-2H3,(H,37,39)(H,38,40)/b11-10-,35-29?,36-33?. The number of allylic oxidation sites excluding steroid dienone is 2. The molecule has 0 aromatic heterocycles. The van der Waals surface area contributed by atoms with Crippen LogP contribution in [-0.2, 0) is 19.0 Å². The highest BCUT2D eigenvalue weighted by molar-refractivity contribution is 6.00. The number of carbonyl (C=O) groups is 2. The first-order valence-corrected chi connectivity index (χ1v) is 16.2. The predicted octanol–water partition coefficient (Wildman–Crippen LogP) is 6.94. The van der Waals surface area contributed by atoms with Crippen molar-refractivity contribution in [3.8, 4) is 0 Å². The van der Waals surface area contributed by atoms with Gasteiger partial charge in [-0.25, -0.2) is 0 Å². The molecule has 0 fully saturated rings. The monoisotopic (exact) mass is 600 g/mol. The molecule has 1 aromatic carbocycles. The summed E-state index contributed by atoms with van der Waals surface area (Å²) in [5, 5.41) is 20.7. The van der Waals surface area contributed by atoms with E-state index in [-0.39, 0.29) is 23.6 Å². The summed E-state index contributed by atoms with van der Waals surface area (Å²) in [5.41, 5.74) is 0.954. The molecule has 43 heavy (non-hydrogen) atoms. The van der Waals surface area contributed by atoms with Gasteiger partial charge in [-0.3, -0.25) is 20.4 Å². The van der Waals surface area contributed by atoms with E-state index in [4.69, 9.17) is 25.0 Å². The Hall–Kier alpha value is -3.04. The molecular weight excluding hydrogens is 544 g/mol. The van der Waals surface area contributed by atoms with Gasteiger partial charge in [0.2, 0.25) is 11.8 Å². The molecule has 0 spiro atoms. The molecule has 0 atom stereocenters. The number of hydrogen-bond donors (Lipinski definition) is 4. The minimum atomic E-state index is -0.236. The molecule has 242 valence electrons. The Bertz CT molecular complexity index is 933. The molecule has 0 saturated carbocycles. The third-order valence-corrected chi connectivity index (χ3v) is 6.80. The fourth-order valence-corrected chi connectivity index (χ4v) is 4.35. The van der Waals surface area contributed by atoms with Gasteiger partial charge in [0.1, 0.15) is 0 Å². The lowest BCUT2D eigenvalue weighted by atomic mass is 10.1. The van der Waals surface area contributed by atoms with Gasteiger partial charge in [0.15, 0.2) is 5.90 Å². The second kappa shape index (κ2) is 26.6. The van der Waals surface area contributed by atoms with Gasteiger partial charge in [0.05, 0.1) is 26.4 Å². The van der Waals surface area contributed by atoms with Crippen molar-refractivity contribution in [2.75, 3.05) is 39.5 Å². The molecule has 1 rings (SSSR count). The van der Waals surface area contributed by atoms with Gasteiger partial charge in [-0.05, 0) is 56.4 Å². The van der Waals surface area contributed by atoms with Crippen LogP contribution in [0.3, 0.4) is 0 Å². The van der Waals surface area contributed by atoms with Crippen LogP contribution in [0.25, 0.3) is 0 Å². The van der Waals surface area contributed by atoms with Crippen molar-refractivity contribution in [2.24, 2.45) is 0 Å². The highest BCUT2D eigenvalue weighted by atomic mass is 16.5. The van der Waals surface area contributed by atoms with Crippen molar-refractivity contribution in [3.05, 3.63) is 47.5 Å². The second-order valence-corrected chi connectivity index (χ2v) is 10.7. The zero-order valence-electron chi connectivity index (χ0n) is 26.6. The lowest BCUT2D eigenvalue weighted by Crippen LogP contribution is -2.28. The lowest BCUT2D eigenvalue weighted by Gasteiger charge is -2.09. The van der Waals surface area contributed by atoms with E-state index in [1.807, 2.05) is 0 Å². The first-order valence-electron chi connectivity index (χ1n) is 16.2. The van der Waals surface area contributed by atoms with Crippen LogP contribution in [0.1, 0.15) is 120 Å². The van der Waals surface area contributed by atoms with Gasteiger partial charge in [-0.2, -0.15) is 0 Å². The van der Waals surface area contributed by atoms with Gasteiger partial charge in [-0.1, -0.05) is 70.4 Å². The summed E-state index contributed by atoms with van der Waals surface area (Å²) in [6, 6.07) is 6.42. The minimum absolute atomic E-state index is 0.0664. The van der Waals surface area contributed by atoms with E-state index in [1.165, 1.54) is 77.6 Å². The Labute approximate surface area is 259 Å². The molecule has 0 bridgehead atoms. The van der Waals surface area contributed by atoms with Gasteiger partial charge in [-0.15, -0.1) is 0 Å². The number of amides is 2. The molecule has 9 heteroatoms. The predicted molar refractivity (Wildman–Crippen MR) is 174 cm³/mol. The molecule has 0 aliphatic heterocycles. The largest absolute Gasteiger partial charge is 0.426 e. The number of rotatable bonds is 26. The van der Waals surface area contributed by atoms with Crippen molar-refractivity contribution in [3.63, 3.8) is 0 Å². The van der Waals surface area contributed by atoms with E-state index in [1.54, 1.807) is 24.3 Å². The third kappa shape index (κ3) is 22.2. The van der Waals surface area contributed by atoms with E-state index in [0.717, 1.165) is 12.8 Å². The number of benzene rings is 1. The second-order valence-electron chi connectivity index (χ2n) is 10.7. The van der Waals surface area contributed by atoms with Crippen LogP contribution in [-0.4, -0.2) is 63.1 Å². The topological polar surface area (TPSA) is 134 Å². The van der Waals surface area contributed by atoms with Crippen LogP contribution in [0.4, 0.5) is 0 Å². The third-order valence-electron chi connectivity index (χ3n) is 6.80. The van der Waals surface area contributed by atoms with Crippen molar-refractivity contribution in [1.82, 2.24) is 10.6 Å². The van der Waals surface area contributed by atoms with Crippen molar-refractivity contribution >= 4 is 23.6 Å². The average Bonchev–Trinajstić information content (AvgIpc) is 2.99. The van der Waals surface area contributed by atoms with Crippen LogP contribution in [0, 0.1) is 10.8 Å². The molecule has 4 N–H and O–H groups in total. The smallest absolute Gasteiger partial charge is 0.251 e. The summed E-state index contributed by atoms with van der Waals surface area (Å²) < 4.78 is 15.9. The van der Waals surface area contributed by atoms with Crippen molar-refractivity contribution in [1.29, 1.82) is 10.8 Å².